The molecule has 0 radical (unpaired) electrons. The van der Waals surface area contributed by atoms with Gasteiger partial charge in [0.05, 0.1) is 16.4 Å². The molecule has 0 fully saturated rings. The average Bonchev–Trinajstić information content (AvgIpc) is 3.85. The predicted octanol–water partition coefficient (Wildman–Crippen LogP) is 13.1. The minimum Gasteiger partial charge on any atom is -0.309 e. The van der Waals surface area contributed by atoms with E-state index in [1.54, 1.807) is 0 Å². The molecule has 0 saturated heterocycles. The molecule has 8 aromatic rings. The van der Waals surface area contributed by atoms with Crippen LogP contribution in [-0.4, -0.2) is 4.57 Å². The molecule has 0 aliphatic heterocycles. The lowest BCUT2D eigenvalue weighted by atomic mass is 9.65. The van der Waals surface area contributed by atoms with Crippen LogP contribution < -0.4 is 0 Å². The number of benzene rings is 7. The highest BCUT2D eigenvalue weighted by atomic mass is 15.0. The van der Waals surface area contributed by atoms with Crippen molar-refractivity contribution in [3.05, 3.63) is 233 Å². The van der Waals surface area contributed by atoms with Gasteiger partial charge in [-0.15, -0.1) is 0 Å². The summed E-state index contributed by atoms with van der Waals surface area (Å²) in [6.45, 7) is 0. The topological polar surface area (TPSA) is 4.93 Å². The standard InChI is InChI=1S/C53H35N/c1-3-13-34(14-4-1)37-24-28-43-45-29-25-38-31-35(36-26-30-51-46(32-36)44-19-9-12-22-50(44)54(51)39-15-5-2-6-16-39)23-27-40(38)52(45)53(49(43)33-37)47-20-10-7-17-41(47)42-18-8-11-21-48(42)53/h1-24,26-33,38H,25H2. The zero-order valence-corrected chi connectivity index (χ0v) is 29.7. The van der Waals surface area contributed by atoms with Crippen LogP contribution in [0.25, 0.3) is 60.9 Å². The number of aromatic nitrogens is 1. The van der Waals surface area contributed by atoms with Crippen LogP contribution in [0, 0.1) is 5.92 Å². The van der Waals surface area contributed by atoms with Crippen LogP contribution in [0.1, 0.15) is 34.2 Å². The molecule has 1 spiro atoms. The Kier molecular flexibility index (Phi) is 6.16. The molecular formula is C53H35N. The molecule has 1 heteroatoms. The summed E-state index contributed by atoms with van der Waals surface area (Å²) in [6.07, 6.45) is 10.9. The second-order valence-corrected chi connectivity index (χ2v) is 15.1. The summed E-state index contributed by atoms with van der Waals surface area (Å²) >= 11 is 0. The average molecular weight is 686 g/mol. The molecule has 7 aromatic carbocycles. The Hall–Kier alpha value is -6.70. The minimum atomic E-state index is -0.388. The van der Waals surface area contributed by atoms with E-state index >= 15 is 0 Å². The van der Waals surface area contributed by atoms with Gasteiger partial charge in [-0.25, -0.2) is 0 Å². The molecule has 0 N–H and O–H groups in total. The van der Waals surface area contributed by atoms with Gasteiger partial charge in [-0.3, -0.25) is 0 Å². The van der Waals surface area contributed by atoms with Gasteiger partial charge >= 0.3 is 0 Å². The highest BCUT2D eigenvalue weighted by molar-refractivity contribution is 6.10. The highest BCUT2D eigenvalue weighted by Crippen LogP contribution is 2.66. The summed E-state index contributed by atoms with van der Waals surface area (Å²) < 4.78 is 2.40. The lowest BCUT2D eigenvalue weighted by molar-refractivity contribution is 0.720. The summed E-state index contributed by atoms with van der Waals surface area (Å²) in [7, 11) is 0. The first-order valence-corrected chi connectivity index (χ1v) is 19.1. The Bertz CT molecular complexity index is 2960. The maximum atomic E-state index is 2.55. The van der Waals surface area contributed by atoms with E-state index in [1.807, 2.05) is 0 Å². The Balaban J connectivity index is 1.05. The van der Waals surface area contributed by atoms with E-state index in [0.717, 1.165) is 6.42 Å². The Morgan fingerprint density at radius 3 is 1.94 bits per heavy atom. The van der Waals surface area contributed by atoms with E-state index in [1.165, 1.54) is 99.9 Å². The fourth-order valence-corrected chi connectivity index (χ4v) is 10.3. The SMILES string of the molecule is C1=CC2=C3C(=CCC2C=C1c1ccc2c(c1)c1ccccc1n2-c1ccccc1)c1ccc(-c2ccccc2)cc1C31c2ccccc2-c2ccccc21. The third-order valence-corrected chi connectivity index (χ3v) is 12.5. The molecule has 4 aliphatic carbocycles. The molecule has 4 aliphatic rings. The first-order chi connectivity index (χ1) is 26.8. The van der Waals surface area contributed by atoms with Crippen LogP contribution in [0.3, 0.4) is 0 Å². The monoisotopic (exact) mass is 685 g/mol. The minimum absolute atomic E-state index is 0.282. The summed E-state index contributed by atoms with van der Waals surface area (Å²) in [4.78, 5) is 0. The third-order valence-electron chi connectivity index (χ3n) is 12.5. The van der Waals surface area contributed by atoms with Crippen molar-refractivity contribution < 1.29 is 0 Å². The Labute approximate surface area is 315 Å². The van der Waals surface area contributed by atoms with Crippen LogP contribution in [0.5, 0.6) is 0 Å². The first-order valence-electron chi connectivity index (χ1n) is 19.1. The van der Waals surface area contributed by atoms with Gasteiger partial charge < -0.3 is 4.57 Å². The van der Waals surface area contributed by atoms with Crippen molar-refractivity contribution >= 4 is 33.0 Å². The van der Waals surface area contributed by atoms with Crippen molar-refractivity contribution in [3.8, 4) is 27.9 Å². The Morgan fingerprint density at radius 1 is 0.481 bits per heavy atom. The van der Waals surface area contributed by atoms with Crippen molar-refractivity contribution in [2.24, 2.45) is 5.92 Å². The number of fused-ring (bicyclic) bond motifs is 14. The third kappa shape index (κ3) is 3.94. The van der Waals surface area contributed by atoms with Gasteiger partial charge in [0, 0.05) is 22.4 Å². The number of hydrogen-bond donors (Lipinski definition) is 0. The fraction of sp³-hybridized carbons (Fsp3) is 0.0566. The lowest BCUT2D eigenvalue weighted by Crippen LogP contribution is -2.29. The number of allylic oxidation sites excluding steroid dienone is 8. The second kappa shape index (κ2) is 11.2. The maximum Gasteiger partial charge on any atom is 0.0728 e. The molecule has 1 unspecified atom stereocenters. The molecule has 1 nitrogen and oxygen atoms in total. The highest BCUT2D eigenvalue weighted by Gasteiger charge is 2.55. The molecule has 252 valence electrons. The molecule has 1 aromatic heterocycles. The van der Waals surface area contributed by atoms with Gasteiger partial charge in [0.15, 0.2) is 0 Å². The summed E-state index contributed by atoms with van der Waals surface area (Å²) in [6, 6.07) is 63.0. The van der Waals surface area contributed by atoms with Gasteiger partial charge in [-0.05, 0) is 115 Å². The first kappa shape index (κ1) is 29.8. The molecule has 1 atom stereocenters. The molecular weight excluding hydrogens is 651 g/mol. The van der Waals surface area contributed by atoms with Crippen molar-refractivity contribution in [1.82, 2.24) is 4.57 Å². The summed E-state index contributed by atoms with van der Waals surface area (Å²) in [5.74, 6) is 0.282. The molecule has 1 heterocycles. The smallest absolute Gasteiger partial charge is 0.0728 e. The zero-order chi connectivity index (χ0) is 35.4. The van der Waals surface area contributed by atoms with Crippen LogP contribution in [0.15, 0.2) is 205 Å². The number of hydrogen-bond acceptors (Lipinski definition) is 0. The second-order valence-electron chi connectivity index (χ2n) is 15.1. The molecule has 0 saturated carbocycles. The normalized spacial score (nSPS) is 17.2. The summed E-state index contributed by atoms with van der Waals surface area (Å²) in [5, 5.41) is 2.57. The van der Waals surface area contributed by atoms with Crippen LogP contribution in [0.2, 0.25) is 0 Å². The Morgan fingerprint density at radius 2 is 1.15 bits per heavy atom. The van der Waals surface area contributed by atoms with Gasteiger partial charge in [0.2, 0.25) is 0 Å². The van der Waals surface area contributed by atoms with Crippen molar-refractivity contribution in [1.29, 1.82) is 0 Å². The largest absolute Gasteiger partial charge is 0.309 e. The van der Waals surface area contributed by atoms with Gasteiger partial charge in [-0.2, -0.15) is 0 Å². The number of para-hydroxylation sites is 2. The van der Waals surface area contributed by atoms with Crippen LogP contribution in [-0.2, 0) is 5.41 Å². The maximum absolute atomic E-state index is 2.55. The van der Waals surface area contributed by atoms with Crippen LogP contribution in [0.4, 0.5) is 0 Å². The predicted molar refractivity (Wildman–Crippen MR) is 225 cm³/mol. The van der Waals surface area contributed by atoms with Gasteiger partial charge in [0.1, 0.15) is 0 Å². The van der Waals surface area contributed by atoms with E-state index in [2.05, 4.69) is 199 Å². The summed E-state index contributed by atoms with van der Waals surface area (Å²) in [5.41, 5.74) is 20.9. The van der Waals surface area contributed by atoms with E-state index in [9.17, 15) is 0 Å². The number of rotatable bonds is 3. The van der Waals surface area contributed by atoms with Gasteiger partial charge in [-0.1, -0.05) is 158 Å². The van der Waals surface area contributed by atoms with Crippen molar-refractivity contribution in [3.63, 3.8) is 0 Å². The van der Waals surface area contributed by atoms with E-state index < -0.39 is 0 Å². The quantitative estimate of drug-likeness (QED) is 0.174. The molecule has 0 bridgehead atoms. The number of nitrogens with zero attached hydrogens (tertiary/aromatic N) is 1. The fourth-order valence-electron chi connectivity index (χ4n) is 10.3. The van der Waals surface area contributed by atoms with Crippen LogP contribution >= 0.6 is 0 Å². The van der Waals surface area contributed by atoms with Gasteiger partial charge in [0.25, 0.3) is 0 Å². The van der Waals surface area contributed by atoms with Crippen molar-refractivity contribution in [2.75, 3.05) is 0 Å². The lowest BCUT2D eigenvalue weighted by Gasteiger charge is -2.36. The van der Waals surface area contributed by atoms with E-state index in [4.69, 9.17) is 0 Å². The van der Waals surface area contributed by atoms with E-state index in [0.29, 0.717) is 0 Å². The van der Waals surface area contributed by atoms with Crippen molar-refractivity contribution in [2.45, 2.75) is 11.8 Å². The molecule has 12 rings (SSSR count). The van der Waals surface area contributed by atoms with E-state index in [-0.39, 0.29) is 11.3 Å². The molecule has 54 heavy (non-hydrogen) atoms. The zero-order valence-electron chi connectivity index (χ0n) is 29.7. The molecule has 0 amide bonds.